The molecule has 0 radical (unpaired) electrons. The third-order valence-electron chi connectivity index (χ3n) is 3.05. The molecule has 4 nitrogen and oxygen atoms in total. The lowest BCUT2D eigenvalue weighted by Gasteiger charge is -2.06. The van der Waals surface area contributed by atoms with Crippen molar-refractivity contribution in [3.05, 3.63) is 60.4 Å². The van der Waals surface area contributed by atoms with Crippen molar-refractivity contribution in [3.8, 4) is 16.9 Å². The molecule has 106 valence electrons. The van der Waals surface area contributed by atoms with Gasteiger partial charge in [-0.2, -0.15) is 5.10 Å². The lowest BCUT2D eigenvalue weighted by atomic mass is 10.1. The predicted molar refractivity (Wildman–Crippen MR) is 76.3 cm³/mol. The fourth-order valence-corrected chi connectivity index (χ4v) is 2.01. The number of aromatic nitrogens is 3. The normalized spacial score (nSPS) is 10.6. The maximum Gasteiger partial charge on any atom is 0.191 e. The van der Waals surface area contributed by atoms with E-state index in [2.05, 4.69) is 15.4 Å². The lowest BCUT2D eigenvalue weighted by Crippen LogP contribution is -2.06. The molecule has 1 aromatic carbocycles. The van der Waals surface area contributed by atoms with Gasteiger partial charge in [0.2, 0.25) is 0 Å². The Morgan fingerprint density at radius 1 is 1.05 bits per heavy atom. The van der Waals surface area contributed by atoms with Gasteiger partial charge in [-0.25, -0.2) is 18.4 Å². The first kappa shape index (κ1) is 13.2. The van der Waals surface area contributed by atoms with E-state index in [1.807, 2.05) is 30.3 Å². The third-order valence-corrected chi connectivity index (χ3v) is 3.05. The van der Waals surface area contributed by atoms with E-state index in [0.717, 1.165) is 17.2 Å². The van der Waals surface area contributed by atoms with Gasteiger partial charge in [0.05, 0.1) is 6.20 Å². The van der Waals surface area contributed by atoms with Crippen molar-refractivity contribution >= 4 is 5.82 Å². The molecule has 0 bridgehead atoms. The second-order valence-corrected chi connectivity index (χ2v) is 4.41. The summed E-state index contributed by atoms with van der Waals surface area (Å²) in [6.07, 6.45) is 3.26. The Bertz CT molecular complexity index is 769. The predicted octanol–water partition coefficient (Wildman–Crippen LogP) is 3.25. The molecule has 0 amide bonds. The number of halogens is 2. The molecule has 2 aromatic heterocycles. The smallest absolute Gasteiger partial charge is 0.191 e. The van der Waals surface area contributed by atoms with Crippen molar-refractivity contribution < 1.29 is 8.78 Å². The van der Waals surface area contributed by atoms with Crippen LogP contribution in [0.2, 0.25) is 0 Å². The maximum absolute atomic E-state index is 13.9. The molecule has 0 spiro atoms. The molecule has 1 N–H and O–H groups in total. The highest BCUT2D eigenvalue weighted by molar-refractivity contribution is 5.61. The number of pyridine rings is 1. The van der Waals surface area contributed by atoms with Gasteiger partial charge in [0.1, 0.15) is 0 Å². The summed E-state index contributed by atoms with van der Waals surface area (Å²) in [7, 11) is 1.52. The fourth-order valence-electron chi connectivity index (χ4n) is 2.01. The van der Waals surface area contributed by atoms with Crippen LogP contribution in [0.5, 0.6) is 0 Å². The fraction of sp³-hybridized carbons (Fsp3) is 0.0667. The first-order valence-corrected chi connectivity index (χ1v) is 6.33. The summed E-state index contributed by atoms with van der Waals surface area (Å²) in [5.41, 5.74) is 1.78. The number of rotatable bonds is 3. The highest BCUT2D eigenvalue weighted by atomic mass is 19.1. The SMILES string of the molecule is CNc1nc(-n2cc(-c3ccccc3)cn2)c(F)cc1F. The van der Waals surface area contributed by atoms with Crippen LogP contribution in [0.1, 0.15) is 0 Å². The van der Waals surface area contributed by atoms with E-state index >= 15 is 0 Å². The first-order valence-electron chi connectivity index (χ1n) is 6.33. The van der Waals surface area contributed by atoms with Crippen LogP contribution in [-0.4, -0.2) is 21.8 Å². The summed E-state index contributed by atoms with van der Waals surface area (Å²) in [5, 5.41) is 6.67. The molecule has 3 aromatic rings. The zero-order chi connectivity index (χ0) is 14.8. The zero-order valence-corrected chi connectivity index (χ0v) is 11.2. The molecule has 3 rings (SSSR count). The number of benzene rings is 1. The standard InChI is InChI=1S/C15H12F2N4/c1-18-14-12(16)7-13(17)15(20-14)21-9-11(8-19-21)10-5-3-2-4-6-10/h2-9H,1H3,(H,18,20). The van der Waals surface area contributed by atoms with Crippen molar-refractivity contribution in [2.75, 3.05) is 12.4 Å². The highest BCUT2D eigenvalue weighted by Crippen LogP contribution is 2.22. The molecular formula is C15H12F2N4. The van der Waals surface area contributed by atoms with E-state index in [1.54, 1.807) is 12.4 Å². The molecule has 2 heterocycles. The molecule has 0 aliphatic heterocycles. The van der Waals surface area contributed by atoms with Crippen LogP contribution in [0, 0.1) is 11.6 Å². The molecule has 0 atom stereocenters. The number of nitrogens with one attached hydrogen (secondary N) is 1. The summed E-state index contributed by atoms with van der Waals surface area (Å²) in [6.45, 7) is 0. The van der Waals surface area contributed by atoms with E-state index in [0.29, 0.717) is 0 Å². The average Bonchev–Trinajstić information content (AvgIpc) is 2.98. The van der Waals surface area contributed by atoms with Crippen LogP contribution in [0.3, 0.4) is 0 Å². The molecule has 0 aliphatic rings. The Hall–Kier alpha value is -2.76. The Morgan fingerprint density at radius 2 is 1.81 bits per heavy atom. The largest absolute Gasteiger partial charge is 0.371 e. The summed E-state index contributed by atoms with van der Waals surface area (Å²) in [4.78, 5) is 3.91. The Kier molecular flexibility index (Phi) is 3.35. The summed E-state index contributed by atoms with van der Waals surface area (Å²) in [5.74, 6) is -1.59. The second kappa shape index (κ2) is 5.32. The van der Waals surface area contributed by atoms with E-state index in [-0.39, 0.29) is 11.6 Å². The van der Waals surface area contributed by atoms with Crippen molar-refractivity contribution in [1.29, 1.82) is 0 Å². The molecule has 0 aliphatic carbocycles. The number of anilines is 1. The summed E-state index contributed by atoms with van der Waals surface area (Å²) < 4.78 is 28.6. The Balaban J connectivity index is 2.04. The summed E-state index contributed by atoms with van der Waals surface area (Å²) in [6, 6.07) is 10.4. The quantitative estimate of drug-likeness (QED) is 0.803. The topological polar surface area (TPSA) is 42.7 Å². The van der Waals surface area contributed by atoms with Gasteiger partial charge in [0.25, 0.3) is 0 Å². The molecule has 0 saturated heterocycles. The van der Waals surface area contributed by atoms with E-state index in [9.17, 15) is 8.78 Å². The van der Waals surface area contributed by atoms with E-state index in [1.165, 1.54) is 11.7 Å². The van der Waals surface area contributed by atoms with Gasteiger partial charge < -0.3 is 5.32 Å². The maximum atomic E-state index is 13.9. The molecular weight excluding hydrogens is 274 g/mol. The van der Waals surface area contributed by atoms with Gasteiger partial charge in [0.15, 0.2) is 23.3 Å². The van der Waals surface area contributed by atoms with Gasteiger partial charge in [-0.15, -0.1) is 0 Å². The van der Waals surface area contributed by atoms with Crippen LogP contribution in [0.4, 0.5) is 14.6 Å². The van der Waals surface area contributed by atoms with Crippen molar-refractivity contribution in [1.82, 2.24) is 14.8 Å². The minimum absolute atomic E-state index is 0.0249. The zero-order valence-electron chi connectivity index (χ0n) is 11.2. The van der Waals surface area contributed by atoms with Gasteiger partial charge in [-0.1, -0.05) is 30.3 Å². The Labute approximate surface area is 120 Å². The van der Waals surface area contributed by atoms with Gasteiger partial charge in [0, 0.05) is 24.9 Å². The average molecular weight is 286 g/mol. The van der Waals surface area contributed by atoms with Crippen LogP contribution >= 0.6 is 0 Å². The Morgan fingerprint density at radius 3 is 2.52 bits per heavy atom. The van der Waals surface area contributed by atoms with Crippen molar-refractivity contribution in [2.24, 2.45) is 0 Å². The third kappa shape index (κ3) is 2.47. The molecule has 21 heavy (non-hydrogen) atoms. The lowest BCUT2D eigenvalue weighted by molar-refractivity contribution is 0.563. The van der Waals surface area contributed by atoms with Crippen LogP contribution < -0.4 is 5.32 Å². The first-order chi connectivity index (χ1) is 10.2. The number of nitrogens with zero attached hydrogens (tertiary/aromatic N) is 3. The molecule has 0 unspecified atom stereocenters. The van der Waals surface area contributed by atoms with E-state index in [4.69, 9.17) is 0 Å². The van der Waals surface area contributed by atoms with Crippen molar-refractivity contribution in [3.63, 3.8) is 0 Å². The monoisotopic (exact) mass is 286 g/mol. The number of hydrogen-bond donors (Lipinski definition) is 1. The minimum Gasteiger partial charge on any atom is -0.371 e. The van der Waals surface area contributed by atoms with Gasteiger partial charge in [-0.3, -0.25) is 0 Å². The minimum atomic E-state index is -0.769. The molecule has 0 fully saturated rings. The number of hydrogen-bond acceptors (Lipinski definition) is 3. The van der Waals surface area contributed by atoms with E-state index < -0.39 is 11.6 Å². The van der Waals surface area contributed by atoms with Gasteiger partial charge in [-0.05, 0) is 5.56 Å². The van der Waals surface area contributed by atoms with Gasteiger partial charge >= 0.3 is 0 Å². The second-order valence-electron chi connectivity index (χ2n) is 4.41. The van der Waals surface area contributed by atoms with Crippen LogP contribution in [0.15, 0.2) is 48.8 Å². The molecule has 0 saturated carbocycles. The van der Waals surface area contributed by atoms with Crippen LogP contribution in [-0.2, 0) is 0 Å². The highest BCUT2D eigenvalue weighted by Gasteiger charge is 2.14. The van der Waals surface area contributed by atoms with Crippen molar-refractivity contribution in [2.45, 2.75) is 0 Å². The molecule has 6 heteroatoms. The summed E-state index contributed by atoms with van der Waals surface area (Å²) >= 11 is 0. The van der Waals surface area contributed by atoms with Crippen LogP contribution in [0.25, 0.3) is 16.9 Å².